The highest BCUT2D eigenvalue weighted by atomic mass is 15.1. The van der Waals surface area contributed by atoms with E-state index in [0.29, 0.717) is 0 Å². The van der Waals surface area contributed by atoms with Crippen LogP contribution in [0.3, 0.4) is 0 Å². The van der Waals surface area contributed by atoms with Gasteiger partial charge in [-0.25, -0.2) is 0 Å². The van der Waals surface area contributed by atoms with Crippen LogP contribution in [-0.4, -0.2) is 0 Å². The van der Waals surface area contributed by atoms with Gasteiger partial charge in [0.25, 0.3) is 0 Å². The molecular weight excluding hydrogens is 603 g/mol. The Bertz CT molecular complexity index is 2470. The van der Waals surface area contributed by atoms with E-state index in [-0.39, 0.29) is 5.41 Å². The first-order valence-electron chi connectivity index (χ1n) is 17.4. The van der Waals surface area contributed by atoms with Crippen LogP contribution in [0.2, 0.25) is 0 Å². The first-order valence-corrected chi connectivity index (χ1v) is 17.4. The summed E-state index contributed by atoms with van der Waals surface area (Å²) in [6.07, 6.45) is 0. The molecule has 0 heterocycles. The molecule has 0 unspecified atom stereocenters. The second-order valence-electron chi connectivity index (χ2n) is 13.8. The molecule has 0 spiro atoms. The standard InChI is InChI=1S/C49H37N/c1-49(2)47-32-39-18-10-9-17-38(39)31-46(47)45-30-29-42(33-48(45)49)50(40-25-21-35(22-26-40)34-13-5-3-6-14-34)41-27-23-37(24-28-41)44-20-12-11-19-43(44)36-15-7-4-8-16-36/h3-33H,1-2H3. The lowest BCUT2D eigenvalue weighted by Crippen LogP contribution is -2.16. The summed E-state index contributed by atoms with van der Waals surface area (Å²) in [4.78, 5) is 2.40. The van der Waals surface area contributed by atoms with Crippen molar-refractivity contribution in [2.45, 2.75) is 19.3 Å². The highest BCUT2D eigenvalue weighted by molar-refractivity contribution is 5.95. The molecule has 1 aliphatic rings. The second-order valence-corrected chi connectivity index (χ2v) is 13.8. The zero-order valence-electron chi connectivity index (χ0n) is 28.3. The number of benzene rings is 8. The number of nitrogens with zero attached hydrogens (tertiary/aromatic N) is 1. The predicted octanol–water partition coefficient (Wildman–Crippen LogP) is 13.6. The summed E-state index contributed by atoms with van der Waals surface area (Å²) in [5.74, 6) is 0. The topological polar surface area (TPSA) is 3.24 Å². The predicted molar refractivity (Wildman–Crippen MR) is 213 cm³/mol. The molecule has 0 saturated heterocycles. The molecule has 0 N–H and O–H groups in total. The quantitative estimate of drug-likeness (QED) is 0.175. The number of rotatable bonds is 6. The Morgan fingerprint density at radius 2 is 0.760 bits per heavy atom. The lowest BCUT2D eigenvalue weighted by Gasteiger charge is -2.28. The van der Waals surface area contributed by atoms with Gasteiger partial charge < -0.3 is 4.90 Å². The summed E-state index contributed by atoms with van der Waals surface area (Å²) in [5, 5.41) is 2.58. The van der Waals surface area contributed by atoms with Crippen LogP contribution in [0.5, 0.6) is 0 Å². The molecule has 0 radical (unpaired) electrons. The third-order valence-corrected chi connectivity index (χ3v) is 10.5. The maximum atomic E-state index is 2.42. The van der Waals surface area contributed by atoms with E-state index in [0.717, 1.165) is 17.1 Å². The van der Waals surface area contributed by atoms with Gasteiger partial charge in [-0.05, 0) is 115 Å². The molecule has 0 bridgehead atoms. The third-order valence-electron chi connectivity index (χ3n) is 10.5. The van der Waals surface area contributed by atoms with Gasteiger partial charge in [0.1, 0.15) is 0 Å². The molecular formula is C49H37N. The van der Waals surface area contributed by atoms with Gasteiger partial charge in [0.05, 0.1) is 0 Å². The van der Waals surface area contributed by atoms with E-state index in [1.54, 1.807) is 0 Å². The van der Waals surface area contributed by atoms with Crippen LogP contribution >= 0.6 is 0 Å². The average Bonchev–Trinajstić information content (AvgIpc) is 3.40. The van der Waals surface area contributed by atoms with Crippen molar-refractivity contribution in [2.24, 2.45) is 0 Å². The molecule has 9 rings (SSSR count). The van der Waals surface area contributed by atoms with Gasteiger partial charge in [-0.3, -0.25) is 0 Å². The van der Waals surface area contributed by atoms with Crippen LogP contribution in [0.25, 0.3) is 55.3 Å². The smallest absolute Gasteiger partial charge is 0.0465 e. The summed E-state index contributed by atoms with van der Waals surface area (Å²) in [6.45, 7) is 4.74. The number of anilines is 3. The number of hydrogen-bond acceptors (Lipinski definition) is 1. The number of fused-ring (bicyclic) bond motifs is 4. The van der Waals surface area contributed by atoms with Gasteiger partial charge >= 0.3 is 0 Å². The minimum atomic E-state index is -0.126. The summed E-state index contributed by atoms with van der Waals surface area (Å²) in [6, 6.07) is 68.5. The molecule has 1 aliphatic carbocycles. The Kier molecular flexibility index (Phi) is 7.21. The molecule has 8 aromatic carbocycles. The molecule has 0 aliphatic heterocycles. The van der Waals surface area contributed by atoms with E-state index in [1.165, 1.54) is 66.4 Å². The minimum absolute atomic E-state index is 0.126. The fourth-order valence-electron chi connectivity index (χ4n) is 7.82. The van der Waals surface area contributed by atoms with Crippen LogP contribution in [0.1, 0.15) is 25.0 Å². The van der Waals surface area contributed by atoms with Crippen molar-refractivity contribution in [1.82, 2.24) is 0 Å². The van der Waals surface area contributed by atoms with E-state index in [4.69, 9.17) is 0 Å². The van der Waals surface area contributed by atoms with Gasteiger partial charge in [-0.1, -0.05) is 153 Å². The Balaban J connectivity index is 1.16. The molecule has 0 amide bonds. The zero-order valence-corrected chi connectivity index (χ0v) is 28.3. The monoisotopic (exact) mass is 639 g/mol. The maximum Gasteiger partial charge on any atom is 0.0465 e. The molecule has 0 aromatic heterocycles. The van der Waals surface area contributed by atoms with Crippen LogP contribution in [0.15, 0.2) is 188 Å². The van der Waals surface area contributed by atoms with Crippen molar-refractivity contribution in [3.63, 3.8) is 0 Å². The summed E-state index contributed by atoms with van der Waals surface area (Å²) in [7, 11) is 0. The highest BCUT2D eigenvalue weighted by Gasteiger charge is 2.36. The van der Waals surface area contributed by atoms with Gasteiger partial charge in [0.15, 0.2) is 0 Å². The number of hydrogen-bond donors (Lipinski definition) is 0. The van der Waals surface area contributed by atoms with Crippen LogP contribution in [-0.2, 0) is 5.41 Å². The van der Waals surface area contributed by atoms with Crippen molar-refractivity contribution in [2.75, 3.05) is 4.90 Å². The van der Waals surface area contributed by atoms with Gasteiger partial charge in [0, 0.05) is 22.5 Å². The Morgan fingerprint density at radius 1 is 0.320 bits per heavy atom. The molecule has 1 nitrogen and oxygen atoms in total. The van der Waals surface area contributed by atoms with Gasteiger partial charge in [-0.15, -0.1) is 0 Å². The average molecular weight is 640 g/mol. The van der Waals surface area contributed by atoms with E-state index in [1.807, 2.05) is 0 Å². The van der Waals surface area contributed by atoms with Crippen LogP contribution < -0.4 is 4.90 Å². The molecule has 8 aromatic rings. The van der Waals surface area contributed by atoms with Crippen molar-refractivity contribution in [3.05, 3.63) is 199 Å². The Labute approximate surface area is 294 Å². The Hall–Kier alpha value is -6.18. The zero-order chi connectivity index (χ0) is 33.7. The molecule has 0 saturated carbocycles. The van der Waals surface area contributed by atoms with Crippen LogP contribution in [0, 0.1) is 0 Å². The van der Waals surface area contributed by atoms with E-state index < -0.39 is 0 Å². The van der Waals surface area contributed by atoms with Crippen molar-refractivity contribution < 1.29 is 0 Å². The van der Waals surface area contributed by atoms with Crippen molar-refractivity contribution >= 4 is 27.8 Å². The fraction of sp³-hybridized carbons (Fsp3) is 0.0612. The fourth-order valence-corrected chi connectivity index (χ4v) is 7.82. The first-order chi connectivity index (χ1) is 24.5. The lowest BCUT2D eigenvalue weighted by atomic mass is 9.81. The first kappa shape index (κ1) is 29.9. The second kappa shape index (κ2) is 12.1. The van der Waals surface area contributed by atoms with E-state index in [2.05, 4.69) is 207 Å². The van der Waals surface area contributed by atoms with Crippen LogP contribution in [0.4, 0.5) is 17.1 Å². The minimum Gasteiger partial charge on any atom is -0.310 e. The van der Waals surface area contributed by atoms with Crippen molar-refractivity contribution in [1.29, 1.82) is 0 Å². The Morgan fingerprint density at radius 3 is 1.38 bits per heavy atom. The normalized spacial score (nSPS) is 12.8. The molecule has 1 heteroatoms. The summed E-state index contributed by atoms with van der Waals surface area (Å²) >= 11 is 0. The summed E-state index contributed by atoms with van der Waals surface area (Å²) in [5.41, 5.74) is 16.0. The molecule has 50 heavy (non-hydrogen) atoms. The van der Waals surface area contributed by atoms with Gasteiger partial charge in [0.2, 0.25) is 0 Å². The van der Waals surface area contributed by atoms with E-state index >= 15 is 0 Å². The van der Waals surface area contributed by atoms with E-state index in [9.17, 15) is 0 Å². The highest BCUT2D eigenvalue weighted by Crippen LogP contribution is 2.52. The third kappa shape index (κ3) is 5.11. The molecule has 0 fully saturated rings. The SMILES string of the molecule is CC1(C)c2cc(N(c3ccc(-c4ccccc4)cc3)c3ccc(-c4ccccc4-c4ccccc4)cc3)ccc2-c2cc3ccccc3cc21. The largest absolute Gasteiger partial charge is 0.310 e. The van der Waals surface area contributed by atoms with Gasteiger partial charge in [-0.2, -0.15) is 0 Å². The molecule has 0 atom stereocenters. The lowest BCUT2D eigenvalue weighted by molar-refractivity contribution is 0.661. The molecule has 238 valence electrons. The maximum absolute atomic E-state index is 2.42. The summed E-state index contributed by atoms with van der Waals surface area (Å²) < 4.78 is 0. The van der Waals surface area contributed by atoms with Crippen molar-refractivity contribution in [3.8, 4) is 44.5 Å².